The van der Waals surface area contributed by atoms with Crippen LogP contribution in [0.1, 0.15) is 34.9 Å². The molecular formula is C12H15N5O. The predicted molar refractivity (Wildman–Crippen MR) is 64.8 cm³/mol. The van der Waals surface area contributed by atoms with Gasteiger partial charge < -0.3 is 9.88 Å². The topological polar surface area (TPSA) is 66.8 Å². The van der Waals surface area contributed by atoms with Gasteiger partial charge in [0, 0.05) is 25.4 Å². The molecular weight excluding hydrogens is 230 g/mol. The molecule has 1 aliphatic rings. The predicted octanol–water partition coefficient (Wildman–Crippen LogP) is 1.12. The molecule has 1 amide bonds. The van der Waals surface area contributed by atoms with Crippen LogP contribution in [0.15, 0.2) is 24.9 Å². The van der Waals surface area contributed by atoms with Crippen LogP contribution in [0, 0.1) is 0 Å². The molecule has 94 valence electrons. The quantitative estimate of drug-likeness (QED) is 0.862. The van der Waals surface area contributed by atoms with Gasteiger partial charge in [-0.15, -0.1) is 0 Å². The molecule has 6 heteroatoms. The second-order valence-electron chi connectivity index (χ2n) is 4.57. The molecule has 0 aliphatic carbocycles. The Hall–Kier alpha value is -2.11. The van der Waals surface area contributed by atoms with Gasteiger partial charge in [-0.25, -0.2) is 4.98 Å². The lowest BCUT2D eigenvalue weighted by Gasteiger charge is -2.23. The second-order valence-corrected chi connectivity index (χ2v) is 4.57. The van der Waals surface area contributed by atoms with Crippen LogP contribution in [0.5, 0.6) is 0 Å². The van der Waals surface area contributed by atoms with Gasteiger partial charge in [-0.05, 0) is 12.8 Å². The van der Waals surface area contributed by atoms with Crippen LogP contribution in [0.3, 0.4) is 0 Å². The maximum atomic E-state index is 12.3. The number of rotatable bonds is 2. The van der Waals surface area contributed by atoms with E-state index in [0.717, 1.165) is 24.9 Å². The highest BCUT2D eigenvalue weighted by Gasteiger charge is 2.31. The van der Waals surface area contributed by atoms with Crippen LogP contribution in [0.2, 0.25) is 0 Å². The smallest absolute Gasteiger partial charge is 0.272 e. The van der Waals surface area contributed by atoms with Crippen LogP contribution in [-0.4, -0.2) is 37.1 Å². The number of carbonyl (C=O) groups is 1. The summed E-state index contributed by atoms with van der Waals surface area (Å²) in [6, 6.07) is 0.134. The van der Waals surface area contributed by atoms with E-state index < -0.39 is 0 Å². The monoisotopic (exact) mass is 245 g/mol. The third-order valence-electron chi connectivity index (χ3n) is 3.35. The van der Waals surface area contributed by atoms with Crippen LogP contribution < -0.4 is 0 Å². The van der Waals surface area contributed by atoms with Gasteiger partial charge in [-0.3, -0.25) is 9.48 Å². The van der Waals surface area contributed by atoms with Gasteiger partial charge in [0.2, 0.25) is 0 Å². The lowest BCUT2D eigenvalue weighted by molar-refractivity contribution is 0.0730. The highest BCUT2D eigenvalue weighted by Crippen LogP contribution is 2.32. The van der Waals surface area contributed by atoms with E-state index in [1.807, 2.05) is 24.3 Å². The molecule has 1 atom stereocenters. The van der Waals surface area contributed by atoms with Gasteiger partial charge in [0.15, 0.2) is 0 Å². The summed E-state index contributed by atoms with van der Waals surface area (Å²) >= 11 is 0. The average molecular weight is 245 g/mol. The highest BCUT2D eigenvalue weighted by molar-refractivity contribution is 5.92. The van der Waals surface area contributed by atoms with E-state index in [2.05, 4.69) is 15.1 Å². The summed E-state index contributed by atoms with van der Waals surface area (Å²) in [6.07, 6.45) is 8.93. The Morgan fingerprint density at radius 2 is 2.39 bits per heavy atom. The van der Waals surface area contributed by atoms with E-state index in [-0.39, 0.29) is 11.9 Å². The number of hydrogen-bond acceptors (Lipinski definition) is 3. The van der Waals surface area contributed by atoms with Crippen molar-refractivity contribution in [1.82, 2.24) is 24.6 Å². The summed E-state index contributed by atoms with van der Waals surface area (Å²) in [5, 5.41) is 4.18. The summed E-state index contributed by atoms with van der Waals surface area (Å²) in [6.45, 7) is 0.789. The molecule has 1 fully saturated rings. The maximum Gasteiger partial charge on any atom is 0.272 e. The highest BCUT2D eigenvalue weighted by atomic mass is 16.2. The Kier molecular flexibility index (Phi) is 2.62. The summed E-state index contributed by atoms with van der Waals surface area (Å²) in [7, 11) is 1.89. The zero-order valence-corrected chi connectivity index (χ0v) is 10.2. The van der Waals surface area contributed by atoms with Gasteiger partial charge in [-0.2, -0.15) is 5.10 Å². The van der Waals surface area contributed by atoms with Crippen LogP contribution >= 0.6 is 0 Å². The Labute approximate surface area is 105 Å². The Morgan fingerprint density at radius 3 is 3.06 bits per heavy atom. The van der Waals surface area contributed by atoms with Crippen molar-refractivity contribution in [1.29, 1.82) is 0 Å². The summed E-state index contributed by atoms with van der Waals surface area (Å²) in [5.74, 6) is 0.0128. The van der Waals surface area contributed by atoms with Gasteiger partial charge in [0.05, 0.1) is 24.8 Å². The summed E-state index contributed by atoms with van der Waals surface area (Å²) in [5.41, 5.74) is 1.65. The normalized spacial score (nSPS) is 19.4. The van der Waals surface area contributed by atoms with E-state index in [1.54, 1.807) is 10.9 Å². The zero-order valence-electron chi connectivity index (χ0n) is 10.2. The van der Waals surface area contributed by atoms with Crippen molar-refractivity contribution >= 4 is 5.91 Å². The Bertz CT molecular complexity index is 545. The molecule has 3 heterocycles. The molecule has 18 heavy (non-hydrogen) atoms. The number of hydrogen-bond donors (Lipinski definition) is 1. The van der Waals surface area contributed by atoms with Crippen molar-refractivity contribution < 1.29 is 4.79 Å². The third kappa shape index (κ3) is 1.79. The molecule has 1 aliphatic heterocycles. The van der Waals surface area contributed by atoms with Gasteiger partial charge in [0.1, 0.15) is 5.69 Å². The van der Waals surface area contributed by atoms with Crippen LogP contribution in [0.25, 0.3) is 0 Å². The number of aryl methyl sites for hydroxylation is 1. The number of H-pyrrole nitrogens is 1. The molecule has 0 spiro atoms. The first-order chi connectivity index (χ1) is 8.75. The van der Waals surface area contributed by atoms with Crippen LogP contribution in [-0.2, 0) is 7.05 Å². The minimum atomic E-state index is 0.0128. The molecule has 0 bridgehead atoms. The van der Waals surface area contributed by atoms with E-state index in [9.17, 15) is 4.79 Å². The molecule has 2 aromatic rings. The molecule has 1 unspecified atom stereocenters. The van der Waals surface area contributed by atoms with E-state index in [0.29, 0.717) is 5.69 Å². The molecule has 0 saturated carbocycles. The SMILES string of the molecule is Cn1cc(C2CCCN2C(=O)c2cnc[nH]2)cn1. The molecule has 0 aromatic carbocycles. The van der Waals surface area contributed by atoms with Crippen molar-refractivity contribution in [2.75, 3.05) is 6.54 Å². The number of likely N-dealkylation sites (tertiary alicyclic amines) is 1. The maximum absolute atomic E-state index is 12.3. The number of imidazole rings is 1. The van der Waals surface area contributed by atoms with Gasteiger partial charge in [-0.1, -0.05) is 0 Å². The minimum absolute atomic E-state index is 0.0128. The molecule has 3 rings (SSSR count). The number of amides is 1. The third-order valence-corrected chi connectivity index (χ3v) is 3.35. The molecule has 2 aromatic heterocycles. The van der Waals surface area contributed by atoms with Crippen molar-refractivity contribution in [3.05, 3.63) is 36.2 Å². The lowest BCUT2D eigenvalue weighted by atomic mass is 10.1. The fraction of sp³-hybridized carbons (Fsp3) is 0.417. The fourth-order valence-electron chi connectivity index (χ4n) is 2.50. The first kappa shape index (κ1) is 11.0. The Morgan fingerprint density at radius 1 is 1.50 bits per heavy atom. The molecule has 1 N–H and O–H groups in total. The number of carbonyl (C=O) groups excluding carboxylic acids is 1. The minimum Gasteiger partial charge on any atom is -0.341 e. The molecule has 1 saturated heterocycles. The first-order valence-electron chi connectivity index (χ1n) is 6.03. The standard InChI is InChI=1S/C12H15N5O/c1-16-7-9(5-15-16)11-3-2-4-17(11)12(18)10-6-13-8-14-10/h5-8,11H,2-4H2,1H3,(H,13,14). The van der Waals surface area contributed by atoms with Gasteiger partial charge >= 0.3 is 0 Å². The number of nitrogens with one attached hydrogen (secondary N) is 1. The van der Waals surface area contributed by atoms with Crippen molar-refractivity contribution in [3.63, 3.8) is 0 Å². The second kappa shape index (κ2) is 4.29. The number of aromatic nitrogens is 4. The van der Waals surface area contributed by atoms with Crippen molar-refractivity contribution in [2.45, 2.75) is 18.9 Å². The largest absolute Gasteiger partial charge is 0.341 e. The van der Waals surface area contributed by atoms with Crippen LogP contribution in [0.4, 0.5) is 0 Å². The average Bonchev–Trinajstić information content (AvgIpc) is 3.09. The summed E-state index contributed by atoms with van der Waals surface area (Å²) in [4.78, 5) is 21.0. The Balaban J connectivity index is 1.85. The number of nitrogens with zero attached hydrogens (tertiary/aromatic N) is 4. The van der Waals surface area contributed by atoms with E-state index in [4.69, 9.17) is 0 Å². The molecule has 0 radical (unpaired) electrons. The van der Waals surface area contributed by atoms with Crippen molar-refractivity contribution in [2.24, 2.45) is 7.05 Å². The van der Waals surface area contributed by atoms with Gasteiger partial charge in [0.25, 0.3) is 5.91 Å². The molecule has 6 nitrogen and oxygen atoms in total. The summed E-state index contributed by atoms with van der Waals surface area (Å²) < 4.78 is 1.77. The van der Waals surface area contributed by atoms with E-state index >= 15 is 0 Å². The number of aromatic amines is 1. The fourth-order valence-corrected chi connectivity index (χ4v) is 2.50. The van der Waals surface area contributed by atoms with Crippen molar-refractivity contribution in [3.8, 4) is 0 Å². The van der Waals surface area contributed by atoms with E-state index in [1.165, 1.54) is 6.33 Å². The first-order valence-corrected chi connectivity index (χ1v) is 6.03. The zero-order chi connectivity index (χ0) is 12.5. The lowest BCUT2D eigenvalue weighted by Crippen LogP contribution is -2.30.